The molecule has 26 heavy (non-hydrogen) atoms. The van der Waals surface area contributed by atoms with Crippen molar-refractivity contribution in [1.82, 2.24) is 5.32 Å². The molecule has 1 atom stereocenters. The Labute approximate surface area is 160 Å². The highest BCUT2D eigenvalue weighted by Gasteiger charge is 2.38. The lowest BCUT2D eigenvalue weighted by atomic mass is 9.83. The lowest BCUT2D eigenvalue weighted by Crippen LogP contribution is -2.44. The highest BCUT2D eigenvalue weighted by Crippen LogP contribution is 2.42. The zero-order valence-electron chi connectivity index (χ0n) is 15.4. The summed E-state index contributed by atoms with van der Waals surface area (Å²) in [6.45, 7) is 4.30. The topological polar surface area (TPSA) is 38.3 Å². The second-order valence-electron chi connectivity index (χ2n) is 6.98. The van der Waals surface area contributed by atoms with Gasteiger partial charge in [-0.25, -0.2) is 0 Å². The number of fused-ring (bicyclic) bond motifs is 1. The number of ether oxygens (including phenoxy) is 1. The number of halogens is 1. The summed E-state index contributed by atoms with van der Waals surface area (Å²) in [7, 11) is 0. The molecule has 1 amide bonds. The SMILES string of the molecule is CCC1(CC)C[C@H](NC(=O)CCc2ccc(Cl)cc2)c2ccccc2O1. The molecule has 1 N–H and O–H groups in total. The van der Waals surface area contributed by atoms with Crippen molar-refractivity contribution in [2.24, 2.45) is 0 Å². The average Bonchev–Trinajstić information content (AvgIpc) is 2.67. The number of carbonyl (C=O) groups is 1. The summed E-state index contributed by atoms with van der Waals surface area (Å²) in [5.41, 5.74) is 1.99. The van der Waals surface area contributed by atoms with E-state index in [1.165, 1.54) is 0 Å². The quantitative estimate of drug-likeness (QED) is 0.731. The van der Waals surface area contributed by atoms with E-state index in [0.717, 1.165) is 36.1 Å². The van der Waals surface area contributed by atoms with Crippen LogP contribution in [0.1, 0.15) is 56.7 Å². The van der Waals surface area contributed by atoms with Gasteiger partial charge in [0, 0.05) is 23.4 Å². The van der Waals surface area contributed by atoms with Gasteiger partial charge in [0.2, 0.25) is 5.91 Å². The standard InChI is InChI=1S/C22H26ClNO2/c1-3-22(4-2)15-19(18-7-5-6-8-20(18)26-22)24-21(25)14-11-16-9-12-17(23)13-10-16/h5-10,12-13,19H,3-4,11,14-15H2,1-2H3,(H,24,25)/t19-/m0/s1. The first-order valence-electron chi connectivity index (χ1n) is 9.37. The third-order valence-corrected chi connectivity index (χ3v) is 5.63. The molecule has 2 aromatic carbocycles. The summed E-state index contributed by atoms with van der Waals surface area (Å²) in [4.78, 5) is 12.6. The maximum absolute atomic E-state index is 12.6. The molecule has 4 heteroatoms. The molecule has 0 aromatic heterocycles. The Kier molecular flexibility index (Phi) is 5.87. The molecule has 0 spiro atoms. The zero-order valence-corrected chi connectivity index (χ0v) is 16.2. The third-order valence-electron chi connectivity index (χ3n) is 5.37. The summed E-state index contributed by atoms with van der Waals surface area (Å²) in [5, 5.41) is 3.95. The van der Waals surface area contributed by atoms with E-state index in [0.29, 0.717) is 17.9 Å². The highest BCUT2D eigenvalue weighted by atomic mass is 35.5. The Morgan fingerprint density at radius 2 is 1.85 bits per heavy atom. The fraction of sp³-hybridized carbons (Fsp3) is 0.409. The molecular formula is C22H26ClNO2. The number of amides is 1. The predicted octanol–water partition coefficient (Wildman–Crippen LogP) is 5.47. The van der Waals surface area contributed by atoms with Gasteiger partial charge in [0.05, 0.1) is 6.04 Å². The molecule has 0 saturated heterocycles. The van der Waals surface area contributed by atoms with Crippen LogP contribution in [0.15, 0.2) is 48.5 Å². The molecule has 1 aliphatic rings. The fourth-order valence-corrected chi connectivity index (χ4v) is 3.73. The number of benzene rings is 2. The Morgan fingerprint density at radius 3 is 2.54 bits per heavy atom. The van der Waals surface area contributed by atoms with Gasteiger partial charge in [0.25, 0.3) is 0 Å². The molecule has 1 aliphatic heterocycles. The number of para-hydroxylation sites is 1. The van der Waals surface area contributed by atoms with Crippen molar-refractivity contribution in [3.63, 3.8) is 0 Å². The number of nitrogens with one attached hydrogen (secondary N) is 1. The molecule has 0 aliphatic carbocycles. The first-order chi connectivity index (χ1) is 12.5. The van der Waals surface area contributed by atoms with Crippen molar-refractivity contribution in [2.45, 2.75) is 57.6 Å². The van der Waals surface area contributed by atoms with Gasteiger partial charge in [-0.05, 0) is 43.0 Å². The summed E-state index contributed by atoms with van der Waals surface area (Å²) < 4.78 is 6.31. The minimum Gasteiger partial charge on any atom is -0.487 e. The van der Waals surface area contributed by atoms with Crippen LogP contribution in [0.4, 0.5) is 0 Å². The van der Waals surface area contributed by atoms with Gasteiger partial charge >= 0.3 is 0 Å². The van der Waals surface area contributed by atoms with Crippen LogP contribution in [0.5, 0.6) is 5.75 Å². The zero-order chi connectivity index (χ0) is 18.6. The molecule has 1 heterocycles. The van der Waals surface area contributed by atoms with Gasteiger partial charge in [-0.2, -0.15) is 0 Å². The summed E-state index contributed by atoms with van der Waals surface area (Å²) in [6, 6.07) is 15.7. The van der Waals surface area contributed by atoms with E-state index in [-0.39, 0.29) is 17.6 Å². The predicted molar refractivity (Wildman–Crippen MR) is 106 cm³/mol. The van der Waals surface area contributed by atoms with Gasteiger partial charge in [0.1, 0.15) is 11.4 Å². The van der Waals surface area contributed by atoms with Crippen LogP contribution in [-0.4, -0.2) is 11.5 Å². The van der Waals surface area contributed by atoms with Gasteiger partial charge in [-0.1, -0.05) is 55.8 Å². The first kappa shape index (κ1) is 18.8. The first-order valence-corrected chi connectivity index (χ1v) is 9.75. The smallest absolute Gasteiger partial charge is 0.220 e. The molecule has 3 nitrogen and oxygen atoms in total. The lowest BCUT2D eigenvalue weighted by Gasteiger charge is -2.41. The van der Waals surface area contributed by atoms with Gasteiger partial charge < -0.3 is 10.1 Å². The van der Waals surface area contributed by atoms with Crippen molar-refractivity contribution < 1.29 is 9.53 Å². The van der Waals surface area contributed by atoms with Crippen molar-refractivity contribution in [3.05, 3.63) is 64.7 Å². The number of hydrogen-bond acceptors (Lipinski definition) is 2. The molecule has 0 radical (unpaired) electrons. The van der Waals surface area contributed by atoms with Crippen molar-refractivity contribution in [3.8, 4) is 5.75 Å². The molecule has 0 saturated carbocycles. The fourth-order valence-electron chi connectivity index (χ4n) is 3.61. The number of carbonyl (C=O) groups excluding carboxylic acids is 1. The highest BCUT2D eigenvalue weighted by molar-refractivity contribution is 6.30. The summed E-state index contributed by atoms with van der Waals surface area (Å²) in [5.74, 6) is 0.966. The normalized spacial score (nSPS) is 17.9. The third kappa shape index (κ3) is 4.21. The second kappa shape index (κ2) is 8.13. The van der Waals surface area contributed by atoms with Crippen LogP contribution in [-0.2, 0) is 11.2 Å². The van der Waals surface area contributed by atoms with Crippen molar-refractivity contribution in [2.75, 3.05) is 0 Å². The van der Waals surface area contributed by atoms with E-state index >= 15 is 0 Å². The van der Waals surface area contributed by atoms with Crippen LogP contribution in [0.3, 0.4) is 0 Å². The van der Waals surface area contributed by atoms with E-state index in [4.69, 9.17) is 16.3 Å². The molecule has 0 bridgehead atoms. The van der Waals surface area contributed by atoms with Crippen LogP contribution in [0, 0.1) is 0 Å². The van der Waals surface area contributed by atoms with Crippen molar-refractivity contribution in [1.29, 1.82) is 0 Å². The summed E-state index contributed by atoms with van der Waals surface area (Å²) in [6.07, 6.45) is 3.83. The van der Waals surface area contributed by atoms with Gasteiger partial charge in [-0.3, -0.25) is 4.79 Å². The minimum atomic E-state index is -0.206. The molecular weight excluding hydrogens is 346 g/mol. The van der Waals surface area contributed by atoms with E-state index in [2.05, 4.69) is 25.2 Å². The molecule has 0 unspecified atom stereocenters. The minimum absolute atomic E-state index is 0.00225. The number of hydrogen-bond donors (Lipinski definition) is 1. The van der Waals surface area contributed by atoms with Gasteiger partial charge in [-0.15, -0.1) is 0 Å². The van der Waals surface area contributed by atoms with E-state index < -0.39 is 0 Å². The second-order valence-corrected chi connectivity index (χ2v) is 7.42. The Bertz CT molecular complexity index is 753. The molecule has 3 rings (SSSR count). The maximum Gasteiger partial charge on any atom is 0.220 e. The van der Waals surface area contributed by atoms with Crippen LogP contribution in [0.25, 0.3) is 0 Å². The lowest BCUT2D eigenvalue weighted by molar-refractivity contribution is -0.122. The van der Waals surface area contributed by atoms with E-state index in [9.17, 15) is 4.79 Å². The Balaban J connectivity index is 1.69. The largest absolute Gasteiger partial charge is 0.487 e. The van der Waals surface area contributed by atoms with Gasteiger partial charge in [0.15, 0.2) is 0 Å². The molecule has 0 fully saturated rings. The maximum atomic E-state index is 12.6. The average molecular weight is 372 g/mol. The number of aryl methyl sites for hydroxylation is 1. The Hall–Kier alpha value is -2.00. The van der Waals surface area contributed by atoms with Crippen LogP contribution < -0.4 is 10.1 Å². The van der Waals surface area contributed by atoms with Crippen molar-refractivity contribution >= 4 is 17.5 Å². The van der Waals surface area contributed by atoms with E-state index in [1.54, 1.807) is 0 Å². The molecule has 138 valence electrons. The summed E-state index contributed by atoms with van der Waals surface area (Å²) >= 11 is 5.91. The Morgan fingerprint density at radius 1 is 1.15 bits per heavy atom. The van der Waals surface area contributed by atoms with Crippen LogP contribution in [0.2, 0.25) is 5.02 Å². The monoisotopic (exact) mass is 371 g/mol. The number of rotatable bonds is 6. The van der Waals surface area contributed by atoms with E-state index in [1.807, 2.05) is 42.5 Å². The molecule has 2 aromatic rings. The van der Waals surface area contributed by atoms with Crippen LogP contribution >= 0.6 is 11.6 Å².